The molecule has 1 N–H and O–H groups in total. The summed E-state index contributed by atoms with van der Waals surface area (Å²) < 4.78 is 10.5. The van der Waals surface area contributed by atoms with Gasteiger partial charge in [0.05, 0.1) is 12.2 Å². The molecule has 0 bridgehead atoms. The molecule has 1 fully saturated rings. The van der Waals surface area contributed by atoms with Crippen molar-refractivity contribution in [2.24, 2.45) is 5.92 Å². The number of piperidine rings is 1. The molecule has 1 aliphatic heterocycles. The van der Waals surface area contributed by atoms with Gasteiger partial charge in [-0.15, -0.1) is 0 Å². The number of amides is 2. The van der Waals surface area contributed by atoms with Gasteiger partial charge in [0.15, 0.2) is 11.9 Å². The highest BCUT2D eigenvalue weighted by Gasteiger charge is 2.31. The summed E-state index contributed by atoms with van der Waals surface area (Å²) in [6.07, 6.45) is 9.53. The van der Waals surface area contributed by atoms with Crippen LogP contribution in [0.3, 0.4) is 0 Å². The predicted molar refractivity (Wildman–Crippen MR) is 107 cm³/mol. The molecular formula is C22H30N2O5. The topological polar surface area (TPSA) is 88.8 Å². The molecule has 0 saturated carbocycles. The molecule has 1 atom stereocenters. The van der Waals surface area contributed by atoms with E-state index in [1.807, 2.05) is 0 Å². The van der Waals surface area contributed by atoms with Crippen molar-refractivity contribution in [2.75, 3.05) is 19.6 Å². The number of ether oxygens (including phenoxy) is 1. The zero-order valence-electron chi connectivity index (χ0n) is 17.0. The zero-order valence-corrected chi connectivity index (χ0v) is 17.0. The van der Waals surface area contributed by atoms with Gasteiger partial charge in [-0.2, -0.15) is 0 Å². The molecule has 0 aromatic carbocycles. The van der Waals surface area contributed by atoms with E-state index in [1.54, 1.807) is 24.0 Å². The van der Waals surface area contributed by atoms with Gasteiger partial charge in [-0.05, 0) is 64.0 Å². The van der Waals surface area contributed by atoms with Crippen LogP contribution in [0.5, 0.6) is 0 Å². The fourth-order valence-corrected chi connectivity index (χ4v) is 3.82. The first-order valence-corrected chi connectivity index (χ1v) is 10.5. The second-order valence-corrected chi connectivity index (χ2v) is 7.77. The molecular weight excluding hydrogens is 372 g/mol. The Morgan fingerprint density at radius 2 is 2.07 bits per heavy atom. The van der Waals surface area contributed by atoms with E-state index in [0.717, 1.165) is 19.3 Å². The predicted octanol–water partition coefficient (Wildman–Crippen LogP) is 3.07. The fourth-order valence-electron chi connectivity index (χ4n) is 3.82. The zero-order chi connectivity index (χ0) is 20.6. The van der Waals surface area contributed by atoms with Crippen LogP contribution in [0.1, 0.15) is 62.4 Å². The minimum Gasteiger partial charge on any atom is -0.459 e. The number of rotatable bonds is 7. The first-order valence-electron chi connectivity index (χ1n) is 10.5. The SMILES string of the molecule is C[C@H](OC(=O)C1CCN(C(=O)c2ccco2)CC1)C(=O)NCCC1=CCCCC1. The van der Waals surface area contributed by atoms with Crippen LogP contribution in [-0.2, 0) is 14.3 Å². The van der Waals surface area contributed by atoms with Crippen molar-refractivity contribution in [3.8, 4) is 0 Å². The molecule has 0 radical (unpaired) electrons. The summed E-state index contributed by atoms with van der Waals surface area (Å²) in [7, 11) is 0. The third-order valence-electron chi connectivity index (χ3n) is 5.64. The summed E-state index contributed by atoms with van der Waals surface area (Å²) in [5.74, 6) is -0.783. The maximum Gasteiger partial charge on any atom is 0.309 e. The molecule has 0 unspecified atom stereocenters. The molecule has 1 aromatic rings. The number of nitrogens with zero attached hydrogens (tertiary/aromatic N) is 1. The normalized spacial score (nSPS) is 18.7. The molecule has 7 heteroatoms. The van der Waals surface area contributed by atoms with Crippen LogP contribution in [0, 0.1) is 5.92 Å². The number of carbonyl (C=O) groups is 3. The average Bonchev–Trinajstić information content (AvgIpc) is 3.29. The molecule has 29 heavy (non-hydrogen) atoms. The Bertz CT molecular complexity index is 732. The maximum absolute atomic E-state index is 12.4. The van der Waals surface area contributed by atoms with Crippen LogP contribution in [0.2, 0.25) is 0 Å². The molecule has 1 aliphatic carbocycles. The van der Waals surface area contributed by atoms with Gasteiger partial charge in [-0.25, -0.2) is 0 Å². The van der Waals surface area contributed by atoms with Crippen LogP contribution in [-0.4, -0.2) is 48.4 Å². The number of hydrogen-bond acceptors (Lipinski definition) is 5. The van der Waals surface area contributed by atoms with Crippen molar-refractivity contribution in [3.63, 3.8) is 0 Å². The Morgan fingerprint density at radius 1 is 1.28 bits per heavy atom. The first-order chi connectivity index (χ1) is 14.0. The van der Waals surface area contributed by atoms with Crippen molar-refractivity contribution in [2.45, 2.75) is 58.0 Å². The van der Waals surface area contributed by atoms with Crippen molar-refractivity contribution >= 4 is 17.8 Å². The average molecular weight is 402 g/mol. The lowest BCUT2D eigenvalue weighted by atomic mass is 9.96. The molecule has 2 aliphatic rings. The molecule has 7 nitrogen and oxygen atoms in total. The van der Waals surface area contributed by atoms with Gasteiger partial charge >= 0.3 is 5.97 Å². The van der Waals surface area contributed by atoms with Gasteiger partial charge in [-0.3, -0.25) is 14.4 Å². The highest BCUT2D eigenvalue weighted by molar-refractivity contribution is 5.91. The van der Waals surface area contributed by atoms with E-state index in [-0.39, 0.29) is 23.7 Å². The van der Waals surface area contributed by atoms with E-state index in [2.05, 4.69) is 11.4 Å². The third-order valence-corrected chi connectivity index (χ3v) is 5.64. The van der Waals surface area contributed by atoms with Crippen LogP contribution < -0.4 is 5.32 Å². The number of esters is 1. The molecule has 0 spiro atoms. The van der Waals surface area contributed by atoms with Crippen LogP contribution in [0.15, 0.2) is 34.5 Å². The standard InChI is InChI=1S/C22H30N2O5/c1-16(20(25)23-12-9-17-6-3-2-4-7-17)29-22(27)18-10-13-24(14-11-18)21(26)19-8-5-15-28-19/h5-6,8,15-16,18H,2-4,7,9-14H2,1H3,(H,23,25)/t16-/m0/s1. The van der Waals surface area contributed by atoms with Crippen molar-refractivity contribution in [1.29, 1.82) is 0 Å². The number of hydrogen-bond donors (Lipinski definition) is 1. The van der Waals surface area contributed by atoms with Crippen molar-refractivity contribution in [3.05, 3.63) is 35.8 Å². The smallest absolute Gasteiger partial charge is 0.309 e. The summed E-state index contributed by atoms with van der Waals surface area (Å²) in [6, 6.07) is 3.31. The quantitative estimate of drug-likeness (QED) is 0.559. The monoisotopic (exact) mass is 402 g/mol. The Hall–Kier alpha value is -2.57. The van der Waals surface area contributed by atoms with Gasteiger partial charge in [0.2, 0.25) is 0 Å². The van der Waals surface area contributed by atoms with Crippen molar-refractivity contribution in [1.82, 2.24) is 10.2 Å². The van der Waals surface area contributed by atoms with Gasteiger partial charge in [0.1, 0.15) is 0 Å². The lowest BCUT2D eigenvalue weighted by Gasteiger charge is -2.30. The Kier molecular flexibility index (Phi) is 7.49. The number of allylic oxidation sites excluding steroid dienone is 1. The summed E-state index contributed by atoms with van der Waals surface area (Å²) in [4.78, 5) is 38.6. The summed E-state index contributed by atoms with van der Waals surface area (Å²) in [6.45, 7) is 3.10. The minimum absolute atomic E-state index is 0.164. The Morgan fingerprint density at radius 3 is 2.72 bits per heavy atom. The van der Waals surface area contributed by atoms with E-state index in [0.29, 0.717) is 38.2 Å². The number of nitrogens with one attached hydrogen (secondary N) is 1. The van der Waals surface area contributed by atoms with E-state index >= 15 is 0 Å². The highest BCUT2D eigenvalue weighted by atomic mass is 16.5. The summed E-state index contributed by atoms with van der Waals surface area (Å²) in [5.41, 5.74) is 1.40. The summed E-state index contributed by atoms with van der Waals surface area (Å²) in [5, 5.41) is 2.86. The Labute approximate surface area is 171 Å². The van der Waals surface area contributed by atoms with Gasteiger partial charge < -0.3 is 19.4 Å². The second kappa shape index (κ2) is 10.3. The molecule has 1 saturated heterocycles. The Balaban J connectivity index is 1.36. The third kappa shape index (κ3) is 5.95. The van der Waals surface area contributed by atoms with Gasteiger partial charge in [0, 0.05) is 19.6 Å². The highest BCUT2D eigenvalue weighted by Crippen LogP contribution is 2.21. The molecule has 158 valence electrons. The van der Waals surface area contributed by atoms with E-state index in [9.17, 15) is 14.4 Å². The van der Waals surface area contributed by atoms with Gasteiger partial charge in [0.25, 0.3) is 11.8 Å². The number of likely N-dealkylation sites (tertiary alicyclic amines) is 1. The molecule has 2 amide bonds. The minimum atomic E-state index is -0.814. The van der Waals surface area contributed by atoms with E-state index < -0.39 is 6.10 Å². The number of furan rings is 1. The van der Waals surface area contributed by atoms with Crippen LogP contribution >= 0.6 is 0 Å². The first kappa shape index (κ1) is 21.1. The van der Waals surface area contributed by atoms with Crippen LogP contribution in [0.25, 0.3) is 0 Å². The number of carbonyl (C=O) groups excluding carboxylic acids is 3. The van der Waals surface area contributed by atoms with E-state index in [1.165, 1.54) is 24.7 Å². The van der Waals surface area contributed by atoms with Gasteiger partial charge in [-0.1, -0.05) is 11.6 Å². The van der Waals surface area contributed by atoms with Crippen molar-refractivity contribution < 1.29 is 23.5 Å². The maximum atomic E-state index is 12.4. The summed E-state index contributed by atoms with van der Waals surface area (Å²) >= 11 is 0. The molecule has 1 aromatic heterocycles. The lowest BCUT2D eigenvalue weighted by Crippen LogP contribution is -2.42. The van der Waals surface area contributed by atoms with Crippen LogP contribution in [0.4, 0.5) is 0 Å². The van der Waals surface area contributed by atoms with E-state index in [4.69, 9.17) is 9.15 Å². The largest absolute Gasteiger partial charge is 0.459 e. The fraction of sp³-hybridized carbons (Fsp3) is 0.591. The molecule has 2 heterocycles. The second-order valence-electron chi connectivity index (χ2n) is 7.77. The lowest BCUT2D eigenvalue weighted by molar-refractivity contribution is -0.160. The molecule has 3 rings (SSSR count).